The van der Waals surface area contributed by atoms with Crippen LogP contribution in [0, 0.1) is 38.5 Å². The Morgan fingerprint density at radius 2 is 1.59 bits per heavy atom. The molecule has 0 aliphatic carbocycles. The fourth-order valence-corrected chi connectivity index (χ4v) is 6.26. The zero-order valence-corrected chi connectivity index (χ0v) is 30.8. The van der Waals surface area contributed by atoms with E-state index in [-0.39, 0.29) is 42.5 Å². The summed E-state index contributed by atoms with van der Waals surface area (Å²) in [7, 11) is 0. The van der Waals surface area contributed by atoms with E-state index in [1.54, 1.807) is 30.3 Å². The molecule has 0 aliphatic heterocycles. The third-order valence-corrected chi connectivity index (χ3v) is 8.74. The van der Waals surface area contributed by atoms with E-state index in [2.05, 4.69) is 73.6 Å². The fourth-order valence-electron chi connectivity index (χ4n) is 6.26. The average molecular weight is 859 g/mol. The van der Waals surface area contributed by atoms with Gasteiger partial charge in [-0.05, 0) is 72.2 Å². The number of pyridine rings is 1. The summed E-state index contributed by atoms with van der Waals surface area (Å²) in [5.41, 5.74) is 7.33. The fraction of sp³-hybridized carbons (Fsp3) is 0.200. The standard InChI is InChI=1S/C26H27N2.C19H13FNO.Ir/c1-17(2)21-9-8-10-22(18(3)4)25(21)28-24-12-7-6-11-23(24)27-26(28)20-15-13-19(5)14-16-20;1-11-8-17(21-10-12(11)2)16-5-3-4-15-14-7-6-13(20)9-18(14)22-19(15)16;/h6-15,17-18H,1-5H3;3-4,6-10H,1-2H3;/q2*-1;/i5D3;1D3,2D3;. The maximum atomic E-state index is 13.5. The van der Waals surface area contributed by atoms with Crippen LogP contribution in [-0.2, 0) is 20.1 Å². The molecule has 0 saturated heterocycles. The van der Waals surface area contributed by atoms with Crippen LogP contribution < -0.4 is 0 Å². The largest absolute Gasteiger partial charge is 0.500 e. The van der Waals surface area contributed by atoms with Crippen LogP contribution in [0.1, 0.15) is 79.7 Å². The second kappa shape index (κ2) is 14.8. The predicted octanol–water partition coefficient (Wildman–Crippen LogP) is 12.2. The first-order valence-corrected chi connectivity index (χ1v) is 16.4. The van der Waals surface area contributed by atoms with Crippen molar-refractivity contribution >= 4 is 33.0 Å². The Labute approximate surface area is 325 Å². The Morgan fingerprint density at radius 1 is 0.804 bits per heavy atom. The van der Waals surface area contributed by atoms with Crippen LogP contribution >= 0.6 is 0 Å². The molecule has 5 aromatic carbocycles. The number of fused-ring (bicyclic) bond motifs is 4. The van der Waals surface area contributed by atoms with Crippen LogP contribution in [0.2, 0.25) is 0 Å². The molecule has 0 spiro atoms. The Bertz CT molecular complexity index is 2800. The Kier molecular flexibility index (Phi) is 7.51. The number of imidazole rings is 1. The number of para-hydroxylation sites is 3. The number of nitrogens with zero attached hydrogens (tertiary/aromatic N) is 3. The summed E-state index contributed by atoms with van der Waals surface area (Å²) in [4.78, 5) is 9.10. The van der Waals surface area contributed by atoms with Crippen molar-refractivity contribution in [3.63, 3.8) is 0 Å². The Hall–Kier alpha value is -4.90. The smallest absolute Gasteiger partial charge is 0.126 e. The monoisotopic (exact) mass is 859 g/mol. The third kappa shape index (κ3) is 6.91. The van der Waals surface area contributed by atoms with Gasteiger partial charge >= 0.3 is 0 Å². The molecule has 51 heavy (non-hydrogen) atoms. The van der Waals surface area contributed by atoms with Crippen LogP contribution in [0.5, 0.6) is 0 Å². The number of aryl methyl sites for hydroxylation is 3. The summed E-state index contributed by atoms with van der Waals surface area (Å²) >= 11 is 0. The molecule has 0 N–H and O–H groups in total. The zero-order valence-electron chi connectivity index (χ0n) is 37.4. The van der Waals surface area contributed by atoms with Crippen molar-refractivity contribution in [2.45, 2.75) is 60.1 Å². The molecule has 0 amide bonds. The number of halogens is 1. The minimum absolute atomic E-state index is 0. The summed E-state index contributed by atoms with van der Waals surface area (Å²) in [6, 6.07) is 34.6. The number of hydrogen-bond donors (Lipinski definition) is 0. The van der Waals surface area contributed by atoms with Gasteiger partial charge in [-0.3, -0.25) is 4.98 Å². The number of hydrogen-bond acceptors (Lipinski definition) is 3. The van der Waals surface area contributed by atoms with E-state index in [4.69, 9.17) is 21.7 Å². The van der Waals surface area contributed by atoms with Gasteiger partial charge in [-0.1, -0.05) is 87.5 Å². The van der Waals surface area contributed by atoms with Crippen molar-refractivity contribution in [3.8, 4) is 28.3 Å². The Balaban J connectivity index is 0.000000199. The van der Waals surface area contributed by atoms with E-state index in [1.807, 2.05) is 24.3 Å². The molecule has 0 aliphatic rings. The maximum Gasteiger partial charge on any atom is 0.126 e. The second-order valence-electron chi connectivity index (χ2n) is 12.8. The predicted molar refractivity (Wildman–Crippen MR) is 203 cm³/mol. The van der Waals surface area contributed by atoms with E-state index in [1.165, 1.54) is 29.3 Å². The SMILES string of the molecule is [2H]C([2H])([2H])c1c[c-]c(-c2nc3ccccc3n2-c2c(C(C)C)cccc2C(C)C)cc1.[2H]C([2H])([2H])c1cnc(-c2[c-]ccc3c2oc2cc(F)ccc23)cc1C([2H])([2H])[2H].[Ir]. The first-order chi connectivity index (χ1) is 27.7. The summed E-state index contributed by atoms with van der Waals surface area (Å²) in [5.74, 6) is 1.00. The van der Waals surface area contributed by atoms with Crippen molar-refractivity contribution in [3.05, 3.63) is 149 Å². The molecule has 0 atom stereocenters. The van der Waals surface area contributed by atoms with Gasteiger partial charge in [0.05, 0.1) is 22.4 Å². The first kappa shape index (κ1) is 26.0. The van der Waals surface area contributed by atoms with Crippen LogP contribution in [0.4, 0.5) is 4.39 Å². The molecular weight excluding hydrogens is 810 g/mol. The number of aromatic nitrogens is 3. The molecule has 4 nitrogen and oxygen atoms in total. The topological polar surface area (TPSA) is 43.9 Å². The van der Waals surface area contributed by atoms with Gasteiger partial charge in [0.2, 0.25) is 0 Å². The van der Waals surface area contributed by atoms with E-state index < -0.39 is 26.4 Å². The van der Waals surface area contributed by atoms with E-state index in [0.717, 1.165) is 34.3 Å². The molecule has 0 unspecified atom stereocenters. The molecule has 0 saturated carbocycles. The molecule has 8 rings (SSSR count). The van der Waals surface area contributed by atoms with E-state index in [0.29, 0.717) is 39.3 Å². The molecule has 0 fully saturated rings. The number of furan rings is 1. The minimum Gasteiger partial charge on any atom is -0.500 e. The quantitative estimate of drug-likeness (QED) is 0.162. The minimum atomic E-state index is -2.63. The van der Waals surface area contributed by atoms with Gasteiger partial charge in [-0.25, -0.2) is 4.39 Å². The first-order valence-electron chi connectivity index (χ1n) is 20.9. The number of rotatable bonds is 5. The molecule has 8 aromatic rings. The van der Waals surface area contributed by atoms with Crippen LogP contribution in [0.25, 0.3) is 61.3 Å². The summed E-state index contributed by atoms with van der Waals surface area (Å²) in [5, 5.41) is 1.39. The average Bonchev–Trinajstić information content (AvgIpc) is 3.75. The van der Waals surface area contributed by atoms with E-state index in [9.17, 15) is 4.39 Å². The molecule has 3 heterocycles. The summed E-state index contributed by atoms with van der Waals surface area (Å²) in [6.07, 6.45) is 1.05. The van der Waals surface area contributed by atoms with Crippen molar-refractivity contribution in [1.29, 1.82) is 0 Å². The van der Waals surface area contributed by atoms with E-state index >= 15 is 0 Å². The van der Waals surface area contributed by atoms with Gasteiger partial charge in [-0.15, -0.1) is 53.6 Å². The van der Waals surface area contributed by atoms with Gasteiger partial charge < -0.3 is 14.0 Å². The normalized spacial score (nSPS) is 14.7. The second-order valence-corrected chi connectivity index (χ2v) is 12.8. The van der Waals surface area contributed by atoms with Gasteiger partial charge in [0.15, 0.2) is 0 Å². The van der Waals surface area contributed by atoms with Gasteiger partial charge in [0, 0.05) is 55.8 Å². The zero-order chi connectivity index (χ0) is 42.6. The van der Waals surface area contributed by atoms with Gasteiger partial charge in [0.25, 0.3) is 0 Å². The molecule has 0 bridgehead atoms. The van der Waals surface area contributed by atoms with Crippen LogP contribution in [0.15, 0.2) is 108 Å². The molecule has 1 radical (unpaired) electrons. The molecule has 259 valence electrons. The van der Waals surface area contributed by atoms with Crippen molar-refractivity contribution in [2.24, 2.45) is 0 Å². The van der Waals surface area contributed by atoms with Crippen LogP contribution in [-0.4, -0.2) is 14.5 Å². The molecule has 3 aromatic heterocycles. The van der Waals surface area contributed by atoms with Crippen molar-refractivity contribution in [2.75, 3.05) is 0 Å². The van der Waals surface area contributed by atoms with Crippen molar-refractivity contribution in [1.82, 2.24) is 14.5 Å². The summed E-state index contributed by atoms with van der Waals surface area (Å²) < 4.78 is 90.3. The van der Waals surface area contributed by atoms with Crippen LogP contribution in [0.3, 0.4) is 0 Å². The molecule has 6 heteroatoms. The maximum absolute atomic E-state index is 13.5. The van der Waals surface area contributed by atoms with Gasteiger partial charge in [0.1, 0.15) is 11.4 Å². The molecular formula is C45H40FIrN3O-2. The van der Waals surface area contributed by atoms with Crippen molar-refractivity contribution < 1.29 is 41.2 Å². The summed E-state index contributed by atoms with van der Waals surface area (Å²) in [6.45, 7) is 1.44. The number of benzene rings is 5. The van der Waals surface area contributed by atoms with Gasteiger partial charge in [-0.2, -0.15) is 0 Å². The third-order valence-electron chi connectivity index (χ3n) is 8.74. The Morgan fingerprint density at radius 3 is 2.29 bits per heavy atom.